The number of nitrogens with one attached hydrogen (secondary N) is 2. The molecule has 0 fully saturated rings. The lowest BCUT2D eigenvalue weighted by molar-refractivity contribution is 0.102. The van der Waals surface area contributed by atoms with Crippen LogP contribution in [-0.4, -0.2) is 36.3 Å². The molecular weight excluding hydrogens is 278 g/mol. The molecule has 3 aromatic rings. The average molecular weight is 289 g/mol. The summed E-state index contributed by atoms with van der Waals surface area (Å²) in [6.45, 7) is 3.86. The highest BCUT2D eigenvalue weighted by atomic mass is 32.1. The number of carbonyl (C=O) groups is 1. The van der Waals surface area contributed by atoms with E-state index in [-0.39, 0.29) is 5.91 Å². The van der Waals surface area contributed by atoms with Crippen LogP contribution in [0.3, 0.4) is 0 Å². The number of H-pyrrole nitrogens is 1. The fourth-order valence-corrected chi connectivity index (χ4v) is 2.87. The van der Waals surface area contributed by atoms with Crippen molar-refractivity contribution >= 4 is 23.1 Å². The monoisotopic (exact) mass is 289 g/mol. The van der Waals surface area contributed by atoms with Crippen molar-refractivity contribution < 1.29 is 4.79 Å². The maximum absolute atomic E-state index is 12.4. The van der Waals surface area contributed by atoms with Crippen molar-refractivity contribution in [3.63, 3.8) is 0 Å². The number of aryl methyl sites for hydroxylation is 1. The van der Waals surface area contributed by atoms with Gasteiger partial charge in [0, 0.05) is 10.9 Å². The number of tetrazole rings is 1. The number of aromatic amines is 1. The van der Waals surface area contributed by atoms with Crippen LogP contribution >= 0.6 is 11.3 Å². The maximum atomic E-state index is 12.4. The van der Waals surface area contributed by atoms with E-state index in [0.717, 1.165) is 10.4 Å². The zero-order valence-electron chi connectivity index (χ0n) is 10.8. The van der Waals surface area contributed by atoms with Gasteiger partial charge in [-0.3, -0.25) is 9.89 Å². The summed E-state index contributed by atoms with van der Waals surface area (Å²) in [4.78, 5) is 13.5. The zero-order valence-corrected chi connectivity index (χ0v) is 11.6. The first-order valence-corrected chi connectivity index (χ1v) is 6.62. The SMILES string of the molecule is Cc1sc(-n2cnnn2)c(C(=O)Nc2ccn[nH]2)c1C. The molecule has 3 aromatic heterocycles. The van der Waals surface area contributed by atoms with E-state index in [1.165, 1.54) is 22.3 Å². The predicted molar refractivity (Wildman–Crippen MR) is 73.0 cm³/mol. The van der Waals surface area contributed by atoms with Gasteiger partial charge in [0.05, 0.1) is 11.8 Å². The lowest BCUT2D eigenvalue weighted by Gasteiger charge is -2.05. The minimum Gasteiger partial charge on any atom is -0.307 e. The van der Waals surface area contributed by atoms with Gasteiger partial charge < -0.3 is 5.32 Å². The second kappa shape index (κ2) is 4.85. The quantitative estimate of drug-likeness (QED) is 0.757. The Morgan fingerprint density at radius 3 is 2.95 bits per heavy atom. The normalized spacial score (nSPS) is 10.7. The molecule has 102 valence electrons. The van der Waals surface area contributed by atoms with Gasteiger partial charge in [0.1, 0.15) is 17.1 Å². The van der Waals surface area contributed by atoms with Crippen LogP contribution in [0.2, 0.25) is 0 Å². The Kier molecular flexibility index (Phi) is 3.03. The molecule has 0 unspecified atom stereocenters. The number of amides is 1. The van der Waals surface area contributed by atoms with Gasteiger partial charge in [-0.05, 0) is 29.8 Å². The van der Waals surface area contributed by atoms with Gasteiger partial charge in [-0.2, -0.15) is 9.78 Å². The van der Waals surface area contributed by atoms with E-state index in [2.05, 4.69) is 31.0 Å². The lowest BCUT2D eigenvalue weighted by atomic mass is 10.1. The first-order chi connectivity index (χ1) is 9.66. The number of hydrogen-bond donors (Lipinski definition) is 2. The summed E-state index contributed by atoms with van der Waals surface area (Å²) in [7, 11) is 0. The van der Waals surface area contributed by atoms with Crippen LogP contribution < -0.4 is 5.32 Å². The van der Waals surface area contributed by atoms with Crippen molar-refractivity contribution in [2.75, 3.05) is 5.32 Å². The predicted octanol–water partition coefficient (Wildman–Crippen LogP) is 1.32. The molecule has 8 nitrogen and oxygen atoms in total. The highest BCUT2D eigenvalue weighted by molar-refractivity contribution is 7.15. The van der Waals surface area contributed by atoms with E-state index in [4.69, 9.17) is 0 Å². The number of hydrogen-bond acceptors (Lipinski definition) is 6. The molecule has 2 N–H and O–H groups in total. The topological polar surface area (TPSA) is 101 Å². The van der Waals surface area contributed by atoms with Crippen molar-refractivity contribution in [3.8, 4) is 5.00 Å². The molecular formula is C11H11N7OS. The number of carbonyl (C=O) groups excluding carboxylic acids is 1. The van der Waals surface area contributed by atoms with Crippen molar-refractivity contribution in [1.82, 2.24) is 30.4 Å². The van der Waals surface area contributed by atoms with Crippen LogP contribution in [0.1, 0.15) is 20.8 Å². The highest BCUT2D eigenvalue weighted by Crippen LogP contribution is 2.30. The van der Waals surface area contributed by atoms with Crippen LogP contribution in [0.15, 0.2) is 18.6 Å². The molecule has 0 aliphatic heterocycles. The minimum atomic E-state index is -0.221. The van der Waals surface area contributed by atoms with E-state index in [1.54, 1.807) is 12.3 Å². The van der Waals surface area contributed by atoms with E-state index in [0.29, 0.717) is 16.4 Å². The van der Waals surface area contributed by atoms with Crippen LogP contribution in [-0.2, 0) is 0 Å². The van der Waals surface area contributed by atoms with E-state index in [9.17, 15) is 4.79 Å². The fraction of sp³-hybridized carbons (Fsp3) is 0.182. The summed E-state index contributed by atoms with van der Waals surface area (Å²) in [6, 6.07) is 1.68. The number of nitrogens with zero attached hydrogens (tertiary/aromatic N) is 5. The Balaban J connectivity index is 2.02. The molecule has 0 bridgehead atoms. The standard InChI is InChI=1S/C11H11N7OS/c1-6-7(2)20-11(18-5-13-16-17-18)9(6)10(19)14-8-3-4-12-15-8/h3-5H,1-2H3,(H2,12,14,15,19). The molecule has 3 heterocycles. The number of thiophene rings is 1. The molecule has 0 saturated heterocycles. The molecule has 0 aliphatic rings. The molecule has 0 spiro atoms. The second-order valence-electron chi connectivity index (χ2n) is 4.14. The molecule has 0 aliphatic carbocycles. The van der Waals surface area contributed by atoms with Crippen LogP contribution in [0, 0.1) is 13.8 Å². The van der Waals surface area contributed by atoms with Crippen molar-refractivity contribution in [2.24, 2.45) is 0 Å². The Hall–Kier alpha value is -2.55. The van der Waals surface area contributed by atoms with E-state index >= 15 is 0 Å². The smallest absolute Gasteiger partial charge is 0.260 e. The summed E-state index contributed by atoms with van der Waals surface area (Å²) in [5, 5.41) is 21.0. The van der Waals surface area contributed by atoms with Gasteiger partial charge in [0.15, 0.2) is 0 Å². The third kappa shape index (κ3) is 2.07. The molecule has 9 heteroatoms. The first kappa shape index (κ1) is 12.5. The van der Waals surface area contributed by atoms with Gasteiger partial charge >= 0.3 is 0 Å². The molecule has 1 amide bonds. The Morgan fingerprint density at radius 1 is 1.45 bits per heavy atom. The number of rotatable bonds is 3. The van der Waals surface area contributed by atoms with Crippen molar-refractivity contribution in [1.29, 1.82) is 0 Å². The zero-order chi connectivity index (χ0) is 14.1. The Labute approximate surface area is 117 Å². The van der Waals surface area contributed by atoms with Gasteiger partial charge in [-0.15, -0.1) is 16.4 Å². The third-order valence-electron chi connectivity index (χ3n) is 2.90. The molecule has 0 radical (unpaired) electrons. The maximum Gasteiger partial charge on any atom is 0.260 e. The Bertz CT molecular complexity index is 729. The molecule has 0 aromatic carbocycles. The van der Waals surface area contributed by atoms with Crippen molar-refractivity contribution in [2.45, 2.75) is 13.8 Å². The van der Waals surface area contributed by atoms with Gasteiger partial charge in [0.2, 0.25) is 0 Å². The summed E-state index contributed by atoms with van der Waals surface area (Å²) in [5.41, 5.74) is 1.48. The van der Waals surface area contributed by atoms with E-state index < -0.39 is 0 Å². The van der Waals surface area contributed by atoms with Crippen LogP contribution in [0.4, 0.5) is 5.82 Å². The molecule has 0 saturated carbocycles. The summed E-state index contributed by atoms with van der Waals surface area (Å²) >= 11 is 1.47. The molecule has 0 atom stereocenters. The molecule has 20 heavy (non-hydrogen) atoms. The summed E-state index contributed by atoms with van der Waals surface area (Å²) in [5.74, 6) is 0.322. The van der Waals surface area contributed by atoms with Gasteiger partial charge in [0.25, 0.3) is 5.91 Å². The highest BCUT2D eigenvalue weighted by Gasteiger charge is 2.21. The number of anilines is 1. The van der Waals surface area contributed by atoms with Crippen LogP contribution in [0.25, 0.3) is 5.00 Å². The van der Waals surface area contributed by atoms with Crippen molar-refractivity contribution in [3.05, 3.63) is 34.6 Å². The number of aromatic nitrogens is 6. The second-order valence-corrected chi connectivity index (χ2v) is 5.35. The lowest BCUT2D eigenvalue weighted by Crippen LogP contribution is -2.15. The largest absolute Gasteiger partial charge is 0.307 e. The van der Waals surface area contributed by atoms with Gasteiger partial charge in [-0.1, -0.05) is 0 Å². The Morgan fingerprint density at radius 2 is 2.30 bits per heavy atom. The fourth-order valence-electron chi connectivity index (χ4n) is 1.80. The minimum absolute atomic E-state index is 0.221. The summed E-state index contributed by atoms with van der Waals surface area (Å²) < 4.78 is 1.49. The summed E-state index contributed by atoms with van der Waals surface area (Å²) in [6.07, 6.45) is 3.04. The van der Waals surface area contributed by atoms with Crippen LogP contribution in [0.5, 0.6) is 0 Å². The molecule has 3 rings (SSSR count). The third-order valence-corrected chi connectivity index (χ3v) is 4.10. The van der Waals surface area contributed by atoms with E-state index in [1.807, 2.05) is 13.8 Å². The average Bonchev–Trinajstić information content (AvgIpc) is 3.12. The van der Waals surface area contributed by atoms with Gasteiger partial charge in [-0.25, -0.2) is 0 Å². The first-order valence-electron chi connectivity index (χ1n) is 5.81.